The van der Waals surface area contributed by atoms with Gasteiger partial charge in [0.2, 0.25) is 0 Å². The summed E-state index contributed by atoms with van der Waals surface area (Å²) in [5.41, 5.74) is 5.98. The van der Waals surface area contributed by atoms with Crippen molar-refractivity contribution in [1.82, 2.24) is 0 Å². The molecule has 12 rings (SSSR count). The molecular formula is C59H39NS. The van der Waals surface area contributed by atoms with Crippen LogP contribution in [0.2, 0.25) is 0 Å². The first-order valence-electron chi connectivity index (χ1n) is 24.4. The van der Waals surface area contributed by atoms with E-state index in [1.165, 1.54) is 4.90 Å². The van der Waals surface area contributed by atoms with E-state index in [9.17, 15) is 11.0 Å². The Labute approximate surface area is 371 Å². The Morgan fingerprint density at radius 3 is 1.85 bits per heavy atom. The third-order valence-corrected chi connectivity index (χ3v) is 13.2. The molecule has 0 atom stereocenters. The highest BCUT2D eigenvalue weighted by Gasteiger charge is 2.47. The van der Waals surface area contributed by atoms with Crippen molar-refractivity contribution in [1.29, 1.82) is 0 Å². The zero-order valence-electron chi connectivity index (χ0n) is 40.8. The molecular weight excluding hydrogens is 755 g/mol. The lowest BCUT2D eigenvalue weighted by Gasteiger charge is -2.34. The van der Waals surface area contributed by atoms with Gasteiger partial charge in [-0.3, -0.25) is 0 Å². The molecule has 0 aliphatic heterocycles. The average Bonchev–Trinajstić information content (AvgIpc) is 3.92. The average molecular weight is 802 g/mol. The standard InChI is InChI=1S/C59H39NS/c1-3-20-43(21-4-1)59(44-22-5-2-6-23-44)52-30-11-9-26-50(52)58-53(59)31-16-32-54(58)60(45-37-35-41(36-38-45)48-28-14-18-40-17-7-8-25-47(40)48)46-24-13-19-42(39-46)49-29-15-34-56-57(49)51-27-10-12-33-55(51)61-56/h1-39H/i13D,19D,24D,35D,36D,37D,38D,39D. The van der Waals surface area contributed by atoms with E-state index in [0.29, 0.717) is 22.4 Å². The molecule has 0 spiro atoms. The van der Waals surface area contributed by atoms with Gasteiger partial charge in [0.1, 0.15) is 0 Å². The molecule has 1 heterocycles. The second-order valence-electron chi connectivity index (χ2n) is 15.3. The van der Waals surface area contributed by atoms with E-state index in [-0.39, 0.29) is 58.8 Å². The summed E-state index contributed by atoms with van der Waals surface area (Å²) in [7, 11) is 0. The number of rotatable bonds is 7. The van der Waals surface area contributed by atoms with Crippen molar-refractivity contribution >= 4 is 59.3 Å². The predicted molar refractivity (Wildman–Crippen MR) is 260 cm³/mol. The highest BCUT2D eigenvalue weighted by Crippen LogP contribution is 2.59. The van der Waals surface area contributed by atoms with Crippen LogP contribution < -0.4 is 4.90 Å². The molecule has 0 N–H and O–H groups in total. The van der Waals surface area contributed by atoms with Gasteiger partial charge < -0.3 is 4.90 Å². The van der Waals surface area contributed by atoms with Crippen LogP contribution in [0.25, 0.3) is 64.3 Å². The number of fused-ring (bicyclic) bond motifs is 7. The number of hydrogen-bond donors (Lipinski definition) is 0. The Morgan fingerprint density at radius 1 is 0.426 bits per heavy atom. The van der Waals surface area contributed by atoms with Crippen molar-refractivity contribution in [3.8, 4) is 33.4 Å². The maximum absolute atomic E-state index is 10.4. The van der Waals surface area contributed by atoms with Gasteiger partial charge in [0.25, 0.3) is 0 Å². The summed E-state index contributed by atoms with van der Waals surface area (Å²) >= 11 is 1.60. The Morgan fingerprint density at radius 2 is 1.03 bits per heavy atom. The number of nitrogens with zero attached hydrogens (tertiary/aromatic N) is 1. The van der Waals surface area contributed by atoms with Crippen LogP contribution in [0.4, 0.5) is 17.1 Å². The van der Waals surface area contributed by atoms with Gasteiger partial charge in [-0.2, -0.15) is 0 Å². The van der Waals surface area contributed by atoms with Gasteiger partial charge in [0, 0.05) is 37.1 Å². The molecule has 10 aromatic carbocycles. The van der Waals surface area contributed by atoms with Gasteiger partial charge >= 0.3 is 0 Å². The minimum absolute atomic E-state index is 0.123. The molecule has 286 valence electrons. The SMILES string of the molecule is [2H]c1c([2H])c(-c2cccc3sc4ccccc4c23)c([2H])c(N(c2cccc3c2-c2ccccc2C3(c2ccccc2)c2ccccc2)c2c([2H])c([2H])c(-c3cccc4ccccc34)c([2H])c2[2H])c1[2H]. The third-order valence-electron chi connectivity index (χ3n) is 12.1. The molecule has 1 aliphatic rings. The molecule has 1 aromatic heterocycles. The molecule has 0 bridgehead atoms. The van der Waals surface area contributed by atoms with Crippen LogP contribution in [0.1, 0.15) is 33.2 Å². The molecule has 0 unspecified atom stereocenters. The van der Waals surface area contributed by atoms with E-state index in [1.807, 2.05) is 152 Å². The van der Waals surface area contributed by atoms with Crippen LogP contribution in [0, 0.1) is 0 Å². The van der Waals surface area contributed by atoms with Crippen molar-refractivity contribution in [2.24, 2.45) is 0 Å². The Bertz CT molecular complexity index is 3830. The van der Waals surface area contributed by atoms with Gasteiger partial charge in [-0.15, -0.1) is 11.3 Å². The number of thiophene rings is 1. The van der Waals surface area contributed by atoms with Crippen LogP contribution in [0.15, 0.2) is 236 Å². The fourth-order valence-electron chi connectivity index (χ4n) is 9.57. The van der Waals surface area contributed by atoms with Gasteiger partial charge in [0.15, 0.2) is 0 Å². The normalized spacial score (nSPS) is 14.6. The number of anilines is 3. The van der Waals surface area contributed by atoms with Crippen molar-refractivity contribution in [2.45, 2.75) is 5.41 Å². The molecule has 61 heavy (non-hydrogen) atoms. The smallest absolute Gasteiger partial charge is 0.0714 e. The summed E-state index contributed by atoms with van der Waals surface area (Å²) in [6, 6.07) is 58.7. The molecule has 11 aromatic rings. The summed E-state index contributed by atoms with van der Waals surface area (Å²) in [6.07, 6.45) is 0. The summed E-state index contributed by atoms with van der Waals surface area (Å²) in [5.74, 6) is 0. The lowest BCUT2D eigenvalue weighted by Crippen LogP contribution is -2.28. The van der Waals surface area contributed by atoms with Crippen molar-refractivity contribution in [3.05, 3.63) is 259 Å². The molecule has 1 nitrogen and oxygen atoms in total. The zero-order chi connectivity index (χ0) is 47.3. The van der Waals surface area contributed by atoms with Crippen molar-refractivity contribution in [3.63, 3.8) is 0 Å². The van der Waals surface area contributed by atoms with Crippen molar-refractivity contribution < 1.29 is 11.0 Å². The highest BCUT2D eigenvalue weighted by atomic mass is 32.1. The topological polar surface area (TPSA) is 3.24 Å². The van der Waals surface area contributed by atoms with Crippen LogP contribution in [0.3, 0.4) is 0 Å². The summed E-state index contributed by atoms with van der Waals surface area (Å²) in [6.45, 7) is 0. The Kier molecular flexibility index (Phi) is 6.59. The lowest BCUT2D eigenvalue weighted by atomic mass is 9.68. The van der Waals surface area contributed by atoms with E-state index in [2.05, 4.69) is 36.4 Å². The minimum atomic E-state index is -0.872. The highest BCUT2D eigenvalue weighted by molar-refractivity contribution is 7.25. The van der Waals surface area contributed by atoms with E-state index >= 15 is 0 Å². The second kappa shape index (κ2) is 14.3. The first-order valence-corrected chi connectivity index (χ1v) is 21.2. The lowest BCUT2D eigenvalue weighted by molar-refractivity contribution is 0.768. The Balaban J connectivity index is 1.23. The first-order chi connectivity index (χ1) is 33.6. The van der Waals surface area contributed by atoms with Gasteiger partial charge in [-0.25, -0.2) is 0 Å². The van der Waals surface area contributed by atoms with E-state index < -0.39 is 17.5 Å². The predicted octanol–water partition coefficient (Wildman–Crippen LogP) is 16.4. The first kappa shape index (κ1) is 28.0. The number of hydrogen-bond acceptors (Lipinski definition) is 2. The van der Waals surface area contributed by atoms with E-state index in [1.54, 1.807) is 11.3 Å². The monoisotopic (exact) mass is 801 g/mol. The van der Waals surface area contributed by atoms with E-state index in [4.69, 9.17) is 0 Å². The van der Waals surface area contributed by atoms with Crippen LogP contribution in [0.5, 0.6) is 0 Å². The molecule has 0 saturated heterocycles. The van der Waals surface area contributed by atoms with Gasteiger partial charge in [-0.1, -0.05) is 194 Å². The maximum atomic E-state index is 10.4. The van der Waals surface area contributed by atoms with Crippen LogP contribution in [-0.4, -0.2) is 0 Å². The third kappa shape index (κ3) is 5.53. The van der Waals surface area contributed by atoms with Gasteiger partial charge in [-0.05, 0) is 103 Å². The quantitative estimate of drug-likeness (QED) is 0.155. The molecule has 0 saturated carbocycles. The number of benzene rings is 10. The zero-order valence-corrected chi connectivity index (χ0v) is 33.6. The summed E-state index contributed by atoms with van der Waals surface area (Å²) in [5, 5.41) is 3.41. The Hall–Kier alpha value is -7.52. The fraction of sp³-hybridized carbons (Fsp3) is 0.0169. The molecule has 2 heteroatoms. The molecule has 0 amide bonds. The maximum Gasteiger partial charge on any atom is 0.0714 e. The minimum Gasteiger partial charge on any atom is -0.310 e. The molecule has 1 aliphatic carbocycles. The molecule has 0 radical (unpaired) electrons. The van der Waals surface area contributed by atoms with Crippen molar-refractivity contribution in [2.75, 3.05) is 4.90 Å². The van der Waals surface area contributed by atoms with Crippen LogP contribution in [-0.2, 0) is 5.41 Å². The second-order valence-corrected chi connectivity index (χ2v) is 16.4. The van der Waals surface area contributed by atoms with E-state index in [0.717, 1.165) is 58.8 Å². The van der Waals surface area contributed by atoms with Gasteiger partial charge in [0.05, 0.1) is 22.1 Å². The summed E-state index contributed by atoms with van der Waals surface area (Å²) in [4.78, 5) is 1.52. The fourth-order valence-corrected chi connectivity index (χ4v) is 10.7. The molecule has 0 fully saturated rings. The largest absolute Gasteiger partial charge is 0.310 e. The van der Waals surface area contributed by atoms with Crippen LogP contribution >= 0.6 is 11.3 Å². The summed E-state index contributed by atoms with van der Waals surface area (Å²) < 4.78 is 80.9.